The molecule has 200 valence electrons. The standard InChI is InChI=1S/C39H23N3S/c1-3-11-25(12-4-1)37-40-38(26-13-5-2-6-14-26)42-39(41-37)32-23-27-20-19-24-21-22-31-29-16-9-10-18-33(29)43-36(31)35(24)34(27)30-17-8-7-15-28(30)32/h1-23H. The van der Waals surface area contributed by atoms with Crippen LogP contribution in [0.15, 0.2) is 140 Å². The molecule has 3 nitrogen and oxygen atoms in total. The number of hydrogen-bond donors (Lipinski definition) is 0. The summed E-state index contributed by atoms with van der Waals surface area (Å²) in [6.07, 6.45) is 0. The van der Waals surface area contributed by atoms with Crippen molar-refractivity contribution in [3.8, 4) is 34.2 Å². The maximum absolute atomic E-state index is 5.08. The van der Waals surface area contributed by atoms with Gasteiger partial charge >= 0.3 is 0 Å². The maximum Gasteiger partial charge on any atom is 0.164 e. The van der Waals surface area contributed by atoms with E-state index in [1.165, 1.54) is 47.1 Å². The van der Waals surface area contributed by atoms with E-state index >= 15 is 0 Å². The molecule has 2 aromatic heterocycles. The molecule has 2 heterocycles. The molecule has 0 amide bonds. The summed E-state index contributed by atoms with van der Waals surface area (Å²) in [5.41, 5.74) is 2.93. The molecule has 7 aromatic carbocycles. The summed E-state index contributed by atoms with van der Waals surface area (Å²) < 4.78 is 2.65. The lowest BCUT2D eigenvalue weighted by Crippen LogP contribution is -2.00. The fraction of sp³-hybridized carbons (Fsp3) is 0. The highest BCUT2D eigenvalue weighted by molar-refractivity contribution is 7.26. The molecule has 0 fully saturated rings. The van der Waals surface area contributed by atoms with Gasteiger partial charge in [-0.2, -0.15) is 0 Å². The molecule has 0 aliphatic rings. The first-order valence-electron chi connectivity index (χ1n) is 14.4. The molecule has 0 aliphatic carbocycles. The number of benzene rings is 7. The van der Waals surface area contributed by atoms with Crippen molar-refractivity contribution in [2.45, 2.75) is 0 Å². The predicted molar refractivity (Wildman–Crippen MR) is 182 cm³/mol. The highest BCUT2D eigenvalue weighted by Crippen LogP contribution is 2.44. The summed E-state index contributed by atoms with van der Waals surface area (Å²) in [6.45, 7) is 0. The highest BCUT2D eigenvalue weighted by Gasteiger charge is 2.18. The fourth-order valence-electron chi connectivity index (χ4n) is 6.30. The van der Waals surface area contributed by atoms with Crippen LogP contribution < -0.4 is 0 Å². The van der Waals surface area contributed by atoms with E-state index in [9.17, 15) is 0 Å². The quantitative estimate of drug-likeness (QED) is 0.200. The molecule has 4 heteroatoms. The zero-order chi connectivity index (χ0) is 28.3. The molecular weight excluding hydrogens is 543 g/mol. The first kappa shape index (κ1) is 24.2. The molecule has 0 aliphatic heterocycles. The van der Waals surface area contributed by atoms with Crippen molar-refractivity contribution in [3.63, 3.8) is 0 Å². The second-order valence-electron chi connectivity index (χ2n) is 10.8. The molecule has 0 bridgehead atoms. The van der Waals surface area contributed by atoms with Gasteiger partial charge < -0.3 is 0 Å². The maximum atomic E-state index is 5.08. The summed E-state index contributed by atoms with van der Waals surface area (Å²) in [7, 11) is 0. The van der Waals surface area contributed by atoms with Crippen LogP contribution in [0.25, 0.3) is 86.7 Å². The Morgan fingerprint density at radius 2 is 0.953 bits per heavy atom. The Hall–Kier alpha value is -5.45. The minimum atomic E-state index is 0.666. The Morgan fingerprint density at radius 3 is 1.67 bits per heavy atom. The molecule has 9 aromatic rings. The van der Waals surface area contributed by atoms with Crippen molar-refractivity contribution < 1.29 is 0 Å². The molecule has 0 spiro atoms. The largest absolute Gasteiger partial charge is 0.208 e. The molecule has 9 rings (SSSR count). The van der Waals surface area contributed by atoms with Crippen molar-refractivity contribution >= 4 is 63.8 Å². The highest BCUT2D eigenvalue weighted by atomic mass is 32.1. The van der Waals surface area contributed by atoms with Crippen LogP contribution in [0.1, 0.15) is 0 Å². The monoisotopic (exact) mass is 565 g/mol. The van der Waals surface area contributed by atoms with Crippen LogP contribution in [-0.2, 0) is 0 Å². The number of nitrogens with zero attached hydrogens (tertiary/aromatic N) is 3. The van der Waals surface area contributed by atoms with Gasteiger partial charge in [0.05, 0.1) is 0 Å². The van der Waals surface area contributed by atoms with Crippen molar-refractivity contribution in [1.29, 1.82) is 0 Å². The van der Waals surface area contributed by atoms with Crippen LogP contribution in [0.3, 0.4) is 0 Å². The zero-order valence-electron chi connectivity index (χ0n) is 23.0. The van der Waals surface area contributed by atoms with Crippen LogP contribution in [-0.4, -0.2) is 15.0 Å². The number of rotatable bonds is 3. The zero-order valence-corrected chi connectivity index (χ0v) is 23.8. The lowest BCUT2D eigenvalue weighted by Gasteiger charge is -2.14. The second-order valence-corrected chi connectivity index (χ2v) is 11.9. The van der Waals surface area contributed by atoms with E-state index in [-0.39, 0.29) is 0 Å². The minimum absolute atomic E-state index is 0.666. The van der Waals surface area contributed by atoms with Crippen molar-refractivity contribution in [2.24, 2.45) is 0 Å². The molecule has 0 atom stereocenters. The topological polar surface area (TPSA) is 38.7 Å². The van der Waals surface area contributed by atoms with Crippen LogP contribution >= 0.6 is 11.3 Å². The van der Waals surface area contributed by atoms with Crippen LogP contribution in [0.2, 0.25) is 0 Å². The van der Waals surface area contributed by atoms with Gasteiger partial charge in [0.1, 0.15) is 0 Å². The van der Waals surface area contributed by atoms with Gasteiger partial charge in [0.2, 0.25) is 0 Å². The van der Waals surface area contributed by atoms with Gasteiger partial charge in [0, 0.05) is 42.2 Å². The van der Waals surface area contributed by atoms with Crippen LogP contribution in [0.5, 0.6) is 0 Å². The van der Waals surface area contributed by atoms with Gasteiger partial charge in [-0.15, -0.1) is 11.3 Å². The summed E-state index contributed by atoms with van der Waals surface area (Å²) >= 11 is 1.88. The van der Waals surface area contributed by atoms with Crippen LogP contribution in [0.4, 0.5) is 0 Å². The third-order valence-corrected chi connectivity index (χ3v) is 9.49. The number of aromatic nitrogens is 3. The average molecular weight is 566 g/mol. The number of hydrogen-bond acceptors (Lipinski definition) is 4. The molecule has 0 N–H and O–H groups in total. The SMILES string of the molecule is c1ccc(-c2nc(-c3ccccc3)nc(-c3cc4ccc5ccc6c7ccccc7sc6c5c4c4ccccc34)n2)cc1. The second kappa shape index (κ2) is 9.55. The average Bonchev–Trinajstić information content (AvgIpc) is 3.47. The summed E-state index contributed by atoms with van der Waals surface area (Å²) in [6, 6.07) is 49.0. The minimum Gasteiger partial charge on any atom is -0.208 e. The number of thiophene rings is 1. The molecule has 0 unspecified atom stereocenters. The van der Waals surface area contributed by atoms with Crippen molar-refractivity contribution in [3.05, 3.63) is 140 Å². The van der Waals surface area contributed by atoms with Crippen molar-refractivity contribution in [2.75, 3.05) is 0 Å². The van der Waals surface area contributed by atoms with Gasteiger partial charge in [-0.25, -0.2) is 15.0 Å². The van der Waals surface area contributed by atoms with Gasteiger partial charge in [-0.3, -0.25) is 0 Å². The molecule has 0 saturated heterocycles. The van der Waals surface area contributed by atoms with E-state index in [4.69, 9.17) is 15.0 Å². The first-order chi connectivity index (χ1) is 21.3. The van der Waals surface area contributed by atoms with E-state index in [0.29, 0.717) is 17.5 Å². The lowest BCUT2D eigenvalue weighted by molar-refractivity contribution is 1.08. The number of fused-ring (bicyclic) bond motifs is 9. The van der Waals surface area contributed by atoms with Gasteiger partial charge in [0.25, 0.3) is 0 Å². The molecule has 0 radical (unpaired) electrons. The summed E-state index contributed by atoms with van der Waals surface area (Å²) in [5, 5.41) is 9.97. The summed E-state index contributed by atoms with van der Waals surface area (Å²) in [5.74, 6) is 2.00. The lowest BCUT2D eigenvalue weighted by atomic mass is 9.92. The van der Waals surface area contributed by atoms with E-state index in [0.717, 1.165) is 22.1 Å². The van der Waals surface area contributed by atoms with Gasteiger partial charge in [0.15, 0.2) is 17.5 Å². The molecular formula is C39H23N3S. The smallest absolute Gasteiger partial charge is 0.164 e. The Bertz CT molecular complexity index is 2440. The van der Waals surface area contributed by atoms with Crippen LogP contribution in [0, 0.1) is 0 Å². The Balaban J connectivity index is 1.38. The Kier molecular flexibility index (Phi) is 5.37. The van der Waals surface area contributed by atoms with E-state index in [2.05, 4.69) is 103 Å². The third-order valence-electron chi connectivity index (χ3n) is 8.29. The first-order valence-corrected chi connectivity index (χ1v) is 15.2. The van der Waals surface area contributed by atoms with Crippen molar-refractivity contribution in [1.82, 2.24) is 15.0 Å². The summed E-state index contributed by atoms with van der Waals surface area (Å²) in [4.78, 5) is 15.1. The molecule has 0 saturated carbocycles. The Morgan fingerprint density at radius 1 is 0.395 bits per heavy atom. The van der Waals surface area contributed by atoms with Gasteiger partial charge in [-0.05, 0) is 39.1 Å². The van der Waals surface area contributed by atoms with Gasteiger partial charge in [-0.1, -0.05) is 127 Å². The third kappa shape index (κ3) is 3.84. The van der Waals surface area contributed by atoms with E-state index in [1.54, 1.807) is 0 Å². The molecule has 43 heavy (non-hydrogen) atoms. The Labute approximate surface area is 251 Å². The normalized spacial score (nSPS) is 11.7. The predicted octanol–water partition coefficient (Wildman–Crippen LogP) is 10.7. The van der Waals surface area contributed by atoms with E-state index in [1.807, 2.05) is 47.7 Å². The van der Waals surface area contributed by atoms with E-state index < -0.39 is 0 Å². The fourth-order valence-corrected chi connectivity index (χ4v) is 7.57.